The SMILES string of the molecule is CC1(C)OB(n2ncc3cccnc32)OC1(C)C. The highest BCUT2D eigenvalue weighted by atomic mass is 16.7. The highest BCUT2D eigenvalue weighted by molar-refractivity contribution is 6.44. The zero-order valence-electron chi connectivity index (χ0n) is 11.0. The maximum Gasteiger partial charge on any atom is 0.617 e. The number of rotatable bonds is 1. The van der Waals surface area contributed by atoms with Crippen LogP contribution in [0.3, 0.4) is 0 Å². The van der Waals surface area contributed by atoms with E-state index in [1.165, 1.54) is 0 Å². The Labute approximate surface area is 106 Å². The Balaban J connectivity index is 2.03. The van der Waals surface area contributed by atoms with Gasteiger partial charge in [-0.15, -0.1) is 0 Å². The van der Waals surface area contributed by atoms with Gasteiger partial charge in [-0.3, -0.25) is 0 Å². The van der Waals surface area contributed by atoms with Gasteiger partial charge in [-0.25, -0.2) is 9.58 Å². The molecular formula is C12H16BN3O2. The predicted molar refractivity (Wildman–Crippen MR) is 69.0 cm³/mol. The molecule has 0 radical (unpaired) electrons. The molecule has 5 nitrogen and oxygen atoms in total. The molecule has 1 aliphatic heterocycles. The van der Waals surface area contributed by atoms with Gasteiger partial charge in [-0.05, 0) is 39.8 Å². The molecule has 6 heteroatoms. The molecule has 1 saturated heterocycles. The fourth-order valence-corrected chi connectivity index (χ4v) is 1.95. The van der Waals surface area contributed by atoms with Crippen molar-refractivity contribution in [2.75, 3.05) is 0 Å². The Morgan fingerprint density at radius 3 is 2.50 bits per heavy atom. The van der Waals surface area contributed by atoms with Crippen LogP contribution in [0.15, 0.2) is 24.5 Å². The molecule has 1 fully saturated rings. The fourth-order valence-electron chi connectivity index (χ4n) is 1.95. The summed E-state index contributed by atoms with van der Waals surface area (Å²) in [6.07, 6.45) is 3.51. The number of aromatic nitrogens is 3. The Morgan fingerprint density at radius 2 is 1.83 bits per heavy atom. The number of hydrogen-bond donors (Lipinski definition) is 0. The molecule has 0 N–H and O–H groups in total. The molecule has 2 aromatic rings. The summed E-state index contributed by atoms with van der Waals surface area (Å²) in [6, 6.07) is 3.86. The van der Waals surface area contributed by atoms with E-state index in [2.05, 4.69) is 10.1 Å². The van der Waals surface area contributed by atoms with E-state index in [1.807, 2.05) is 39.8 Å². The highest BCUT2D eigenvalue weighted by Gasteiger charge is 2.53. The van der Waals surface area contributed by atoms with Crippen LogP contribution >= 0.6 is 0 Å². The molecule has 0 spiro atoms. The number of hydrogen-bond acceptors (Lipinski definition) is 4. The molecule has 0 saturated carbocycles. The van der Waals surface area contributed by atoms with E-state index in [1.54, 1.807) is 17.0 Å². The minimum absolute atomic E-state index is 0.370. The van der Waals surface area contributed by atoms with Gasteiger partial charge in [0.15, 0.2) is 0 Å². The van der Waals surface area contributed by atoms with Crippen molar-refractivity contribution in [2.45, 2.75) is 38.9 Å². The van der Waals surface area contributed by atoms with E-state index in [-0.39, 0.29) is 11.2 Å². The quantitative estimate of drug-likeness (QED) is 0.719. The first-order valence-electron chi connectivity index (χ1n) is 6.05. The van der Waals surface area contributed by atoms with Crippen molar-refractivity contribution in [1.82, 2.24) is 14.7 Å². The second kappa shape index (κ2) is 3.55. The Morgan fingerprint density at radius 1 is 1.17 bits per heavy atom. The third-order valence-corrected chi connectivity index (χ3v) is 3.80. The molecular weight excluding hydrogens is 229 g/mol. The lowest BCUT2D eigenvalue weighted by Gasteiger charge is -2.32. The normalized spacial score (nSPS) is 21.7. The van der Waals surface area contributed by atoms with Crippen LogP contribution in [0, 0.1) is 0 Å². The van der Waals surface area contributed by atoms with Crippen molar-refractivity contribution in [3.05, 3.63) is 24.5 Å². The van der Waals surface area contributed by atoms with Gasteiger partial charge in [0.1, 0.15) is 5.65 Å². The van der Waals surface area contributed by atoms with Crippen molar-refractivity contribution < 1.29 is 9.31 Å². The lowest BCUT2D eigenvalue weighted by molar-refractivity contribution is 0.00578. The Hall–Kier alpha value is -1.40. The van der Waals surface area contributed by atoms with Crippen LogP contribution in [0.4, 0.5) is 0 Å². The van der Waals surface area contributed by atoms with Crippen molar-refractivity contribution in [3.8, 4) is 0 Å². The molecule has 0 unspecified atom stereocenters. The monoisotopic (exact) mass is 245 g/mol. The molecule has 18 heavy (non-hydrogen) atoms. The zero-order valence-corrected chi connectivity index (χ0v) is 11.0. The van der Waals surface area contributed by atoms with E-state index in [0.29, 0.717) is 0 Å². The molecule has 3 heterocycles. The summed E-state index contributed by atoms with van der Waals surface area (Å²) in [6.45, 7) is 8.08. The standard InChI is InChI=1S/C12H16BN3O2/c1-11(2)12(3,4)18-13(17-11)16-10-9(8-15-16)6-5-7-14-10/h5-8H,1-4H3. The highest BCUT2D eigenvalue weighted by Crippen LogP contribution is 2.37. The lowest BCUT2D eigenvalue weighted by atomic mass is 9.90. The number of pyridine rings is 1. The van der Waals surface area contributed by atoms with Crippen LogP contribution in [-0.4, -0.2) is 33.1 Å². The summed E-state index contributed by atoms with van der Waals surface area (Å²) >= 11 is 0. The van der Waals surface area contributed by atoms with Gasteiger partial charge < -0.3 is 9.31 Å². The molecule has 94 valence electrons. The zero-order chi connectivity index (χ0) is 13.0. The van der Waals surface area contributed by atoms with Crippen LogP contribution in [0.1, 0.15) is 27.7 Å². The van der Waals surface area contributed by atoms with Crippen molar-refractivity contribution in [3.63, 3.8) is 0 Å². The Bertz CT molecular complexity index is 578. The molecule has 0 bridgehead atoms. The molecule has 0 aliphatic carbocycles. The fraction of sp³-hybridized carbons (Fsp3) is 0.500. The summed E-state index contributed by atoms with van der Waals surface area (Å²) in [5.41, 5.74) is 0.0334. The molecule has 3 rings (SSSR count). The Kier molecular flexibility index (Phi) is 2.31. The van der Waals surface area contributed by atoms with Gasteiger partial charge in [0.25, 0.3) is 0 Å². The average molecular weight is 245 g/mol. The van der Waals surface area contributed by atoms with Crippen LogP contribution in [0.5, 0.6) is 0 Å². The second-order valence-electron chi connectivity index (χ2n) is 5.57. The minimum Gasteiger partial charge on any atom is -0.383 e. The van der Waals surface area contributed by atoms with Gasteiger partial charge in [-0.2, -0.15) is 5.10 Å². The average Bonchev–Trinajstić information content (AvgIpc) is 2.78. The van der Waals surface area contributed by atoms with Crippen LogP contribution < -0.4 is 0 Å². The third kappa shape index (κ3) is 1.56. The van der Waals surface area contributed by atoms with Crippen molar-refractivity contribution in [2.24, 2.45) is 0 Å². The van der Waals surface area contributed by atoms with Crippen molar-refractivity contribution >= 4 is 18.3 Å². The van der Waals surface area contributed by atoms with Gasteiger partial charge in [0.2, 0.25) is 0 Å². The minimum atomic E-state index is -0.526. The van der Waals surface area contributed by atoms with E-state index in [4.69, 9.17) is 9.31 Å². The van der Waals surface area contributed by atoms with E-state index >= 15 is 0 Å². The summed E-state index contributed by atoms with van der Waals surface area (Å²) in [5.74, 6) is 0. The van der Waals surface area contributed by atoms with Crippen LogP contribution in [-0.2, 0) is 9.31 Å². The van der Waals surface area contributed by atoms with Crippen molar-refractivity contribution in [1.29, 1.82) is 0 Å². The summed E-state index contributed by atoms with van der Waals surface area (Å²) in [5, 5.41) is 5.29. The first-order chi connectivity index (χ1) is 8.41. The smallest absolute Gasteiger partial charge is 0.383 e. The van der Waals surface area contributed by atoms with Crippen LogP contribution in [0.25, 0.3) is 11.0 Å². The van der Waals surface area contributed by atoms with E-state index in [9.17, 15) is 0 Å². The van der Waals surface area contributed by atoms with Gasteiger partial charge in [0, 0.05) is 11.6 Å². The molecule has 0 aromatic carbocycles. The molecule has 1 aliphatic rings. The van der Waals surface area contributed by atoms with Crippen LogP contribution in [0.2, 0.25) is 0 Å². The molecule has 2 aromatic heterocycles. The number of fused-ring (bicyclic) bond motifs is 1. The first kappa shape index (κ1) is 11.7. The molecule has 0 atom stereocenters. The van der Waals surface area contributed by atoms with E-state index in [0.717, 1.165) is 11.0 Å². The topological polar surface area (TPSA) is 49.2 Å². The largest absolute Gasteiger partial charge is 0.617 e. The third-order valence-electron chi connectivity index (χ3n) is 3.80. The second-order valence-corrected chi connectivity index (χ2v) is 5.57. The van der Waals surface area contributed by atoms with E-state index < -0.39 is 7.25 Å². The van der Waals surface area contributed by atoms with Gasteiger partial charge in [-0.1, -0.05) is 0 Å². The first-order valence-corrected chi connectivity index (χ1v) is 6.05. The maximum absolute atomic E-state index is 5.95. The van der Waals surface area contributed by atoms with Gasteiger partial charge in [0.05, 0.1) is 17.4 Å². The summed E-state index contributed by atoms with van der Waals surface area (Å²) in [4.78, 5) is 4.32. The summed E-state index contributed by atoms with van der Waals surface area (Å²) in [7, 11) is -0.526. The summed E-state index contributed by atoms with van der Waals surface area (Å²) < 4.78 is 13.6. The lowest BCUT2D eigenvalue weighted by Crippen LogP contribution is -2.41. The van der Waals surface area contributed by atoms with Gasteiger partial charge >= 0.3 is 7.25 Å². The molecule has 0 amide bonds. The number of nitrogens with zero attached hydrogens (tertiary/aromatic N) is 3. The maximum atomic E-state index is 5.95. The predicted octanol–water partition coefficient (Wildman–Crippen LogP) is 1.87.